The molecular weight excluding hydrogens is 502 g/mol. The van der Waals surface area contributed by atoms with Gasteiger partial charge in [-0.25, -0.2) is 8.78 Å². The number of carbonyl (C=O) groups is 3. The Kier molecular flexibility index (Phi) is 8.91. The van der Waals surface area contributed by atoms with E-state index in [4.69, 9.17) is 0 Å². The fourth-order valence-corrected chi connectivity index (χ4v) is 4.71. The lowest BCUT2D eigenvalue weighted by molar-refractivity contribution is 0.0760. The molecule has 1 N–H and O–H groups in total. The molecule has 1 aliphatic heterocycles. The van der Waals surface area contributed by atoms with E-state index >= 15 is 0 Å². The maximum atomic E-state index is 13.7. The largest absolute Gasteiger partial charge is 0.369 e. The fourth-order valence-electron chi connectivity index (χ4n) is 4.71. The Morgan fingerprint density at radius 1 is 0.821 bits per heavy atom. The third-order valence-corrected chi connectivity index (χ3v) is 6.84. The van der Waals surface area contributed by atoms with Crippen molar-refractivity contribution < 1.29 is 23.2 Å². The van der Waals surface area contributed by atoms with Crippen LogP contribution in [0.15, 0.2) is 66.7 Å². The van der Waals surface area contributed by atoms with Crippen molar-refractivity contribution in [2.24, 2.45) is 0 Å². The summed E-state index contributed by atoms with van der Waals surface area (Å²) in [7, 11) is 0. The van der Waals surface area contributed by atoms with Gasteiger partial charge in [-0.05, 0) is 80.9 Å². The minimum absolute atomic E-state index is 0.162. The molecule has 0 aliphatic carbocycles. The smallest absolute Gasteiger partial charge is 0.256 e. The average Bonchev–Trinajstić information content (AvgIpc) is 3.20. The lowest BCUT2D eigenvalue weighted by Gasteiger charge is -2.28. The summed E-state index contributed by atoms with van der Waals surface area (Å²) >= 11 is 0. The summed E-state index contributed by atoms with van der Waals surface area (Å²) in [5.74, 6) is -1.69. The van der Waals surface area contributed by atoms with E-state index in [2.05, 4.69) is 10.2 Å². The van der Waals surface area contributed by atoms with Crippen LogP contribution < -0.4 is 10.2 Å². The van der Waals surface area contributed by atoms with Gasteiger partial charge >= 0.3 is 0 Å². The Morgan fingerprint density at radius 3 is 2.26 bits per heavy atom. The molecule has 1 saturated heterocycles. The summed E-state index contributed by atoms with van der Waals surface area (Å²) in [5.41, 5.74) is 2.21. The lowest BCUT2D eigenvalue weighted by atomic mass is 10.1. The van der Waals surface area contributed by atoms with Crippen LogP contribution in [0.3, 0.4) is 0 Å². The molecule has 1 aliphatic rings. The number of rotatable bonds is 7. The van der Waals surface area contributed by atoms with Crippen molar-refractivity contribution in [1.82, 2.24) is 9.80 Å². The first kappa shape index (κ1) is 27.8. The topological polar surface area (TPSA) is 73.0 Å². The first-order valence-electron chi connectivity index (χ1n) is 13.1. The van der Waals surface area contributed by atoms with Gasteiger partial charge < -0.3 is 20.0 Å². The van der Waals surface area contributed by atoms with Crippen LogP contribution in [0.5, 0.6) is 0 Å². The number of carbonyl (C=O) groups excluding carboxylic acids is 3. The Balaban J connectivity index is 1.58. The van der Waals surface area contributed by atoms with E-state index in [0.717, 1.165) is 0 Å². The van der Waals surface area contributed by atoms with Crippen LogP contribution in [0.4, 0.5) is 20.2 Å². The Labute approximate surface area is 227 Å². The molecule has 1 heterocycles. The number of amides is 3. The predicted molar refractivity (Wildman–Crippen MR) is 147 cm³/mol. The van der Waals surface area contributed by atoms with E-state index in [1.165, 1.54) is 42.5 Å². The predicted octanol–water partition coefficient (Wildman–Crippen LogP) is 5.05. The Bertz CT molecular complexity index is 1340. The number of hydrogen-bond donors (Lipinski definition) is 1. The summed E-state index contributed by atoms with van der Waals surface area (Å²) < 4.78 is 26.9. The van der Waals surface area contributed by atoms with E-state index in [0.29, 0.717) is 73.8 Å². The van der Waals surface area contributed by atoms with Crippen molar-refractivity contribution in [1.29, 1.82) is 0 Å². The number of nitrogens with zero attached hydrogens (tertiary/aromatic N) is 3. The second-order valence-electron chi connectivity index (χ2n) is 9.31. The van der Waals surface area contributed by atoms with Crippen molar-refractivity contribution in [2.75, 3.05) is 49.5 Å². The molecule has 4 rings (SSSR count). The molecule has 0 aromatic heterocycles. The number of benzene rings is 3. The van der Waals surface area contributed by atoms with E-state index in [-0.39, 0.29) is 11.8 Å². The van der Waals surface area contributed by atoms with Gasteiger partial charge in [0.1, 0.15) is 11.6 Å². The molecule has 3 aromatic rings. The van der Waals surface area contributed by atoms with Gasteiger partial charge in [0.05, 0.1) is 5.56 Å². The second-order valence-corrected chi connectivity index (χ2v) is 9.31. The number of nitrogens with one attached hydrogen (secondary N) is 1. The maximum absolute atomic E-state index is 13.7. The van der Waals surface area contributed by atoms with Crippen LogP contribution in [0.25, 0.3) is 0 Å². The van der Waals surface area contributed by atoms with Gasteiger partial charge in [0.15, 0.2) is 0 Å². The van der Waals surface area contributed by atoms with Gasteiger partial charge in [0, 0.05) is 61.8 Å². The minimum Gasteiger partial charge on any atom is -0.369 e. The fraction of sp³-hybridized carbons (Fsp3) is 0.300. The van der Waals surface area contributed by atoms with Gasteiger partial charge in [-0.15, -0.1) is 0 Å². The first-order chi connectivity index (χ1) is 18.8. The molecule has 9 heteroatoms. The third-order valence-electron chi connectivity index (χ3n) is 6.84. The Hall–Kier alpha value is -4.27. The van der Waals surface area contributed by atoms with E-state index in [9.17, 15) is 23.2 Å². The SMILES string of the molecule is CCN(CC)C(=O)c1cc(NC(=O)c2ccc(F)cc2)ccc1N1CCCN(C(=O)c2cccc(F)c2)CC1. The maximum Gasteiger partial charge on any atom is 0.256 e. The summed E-state index contributed by atoms with van der Waals surface area (Å²) in [6, 6.07) is 16.1. The van der Waals surface area contributed by atoms with Crippen LogP contribution in [0, 0.1) is 11.6 Å². The van der Waals surface area contributed by atoms with E-state index in [1.807, 2.05) is 13.8 Å². The molecule has 0 spiro atoms. The van der Waals surface area contributed by atoms with Crippen LogP contribution in [-0.4, -0.2) is 66.8 Å². The van der Waals surface area contributed by atoms with Gasteiger partial charge in [0.25, 0.3) is 17.7 Å². The summed E-state index contributed by atoms with van der Waals surface area (Å²) in [6.45, 7) is 6.89. The quantitative estimate of drug-likeness (QED) is 0.461. The molecule has 0 unspecified atom stereocenters. The average molecular weight is 535 g/mol. The summed E-state index contributed by atoms with van der Waals surface area (Å²) in [6.07, 6.45) is 0.670. The highest BCUT2D eigenvalue weighted by molar-refractivity contribution is 6.06. The summed E-state index contributed by atoms with van der Waals surface area (Å²) in [4.78, 5) is 44.7. The molecule has 7 nitrogen and oxygen atoms in total. The van der Waals surface area contributed by atoms with Gasteiger partial charge in [-0.1, -0.05) is 6.07 Å². The van der Waals surface area contributed by atoms with E-state index < -0.39 is 17.5 Å². The number of anilines is 2. The van der Waals surface area contributed by atoms with Crippen molar-refractivity contribution in [3.63, 3.8) is 0 Å². The molecule has 0 bridgehead atoms. The number of halogens is 2. The molecule has 1 fully saturated rings. The number of hydrogen-bond acceptors (Lipinski definition) is 4. The second kappa shape index (κ2) is 12.5. The normalized spacial score (nSPS) is 13.5. The first-order valence-corrected chi connectivity index (χ1v) is 13.1. The molecule has 204 valence electrons. The monoisotopic (exact) mass is 534 g/mol. The molecular formula is C30H32F2N4O3. The van der Waals surface area contributed by atoms with Crippen molar-refractivity contribution in [2.45, 2.75) is 20.3 Å². The van der Waals surface area contributed by atoms with Crippen LogP contribution >= 0.6 is 0 Å². The molecule has 0 saturated carbocycles. The summed E-state index contributed by atoms with van der Waals surface area (Å²) in [5, 5.41) is 2.80. The zero-order valence-corrected chi connectivity index (χ0v) is 22.1. The van der Waals surface area contributed by atoms with E-state index in [1.54, 1.807) is 34.1 Å². The van der Waals surface area contributed by atoms with Crippen molar-refractivity contribution in [3.05, 3.63) is 95.1 Å². The highest BCUT2D eigenvalue weighted by Gasteiger charge is 2.25. The van der Waals surface area contributed by atoms with Crippen molar-refractivity contribution in [3.8, 4) is 0 Å². The van der Waals surface area contributed by atoms with Crippen LogP contribution in [0.1, 0.15) is 51.3 Å². The van der Waals surface area contributed by atoms with Crippen LogP contribution in [0.2, 0.25) is 0 Å². The molecule has 3 amide bonds. The third kappa shape index (κ3) is 6.60. The van der Waals surface area contributed by atoms with Gasteiger partial charge in [-0.3, -0.25) is 14.4 Å². The molecule has 0 atom stereocenters. The Morgan fingerprint density at radius 2 is 1.56 bits per heavy atom. The molecule has 39 heavy (non-hydrogen) atoms. The highest BCUT2D eigenvalue weighted by Crippen LogP contribution is 2.28. The van der Waals surface area contributed by atoms with Gasteiger partial charge in [-0.2, -0.15) is 0 Å². The standard InChI is InChI=1S/C30H32F2N4O3/c1-3-34(4-2)30(39)26-20-25(33-28(37)21-9-11-23(31)12-10-21)13-14-27(26)35-15-6-16-36(18-17-35)29(38)22-7-5-8-24(32)19-22/h5,7-14,19-20H,3-4,6,15-18H2,1-2H3,(H,33,37). The lowest BCUT2D eigenvalue weighted by Crippen LogP contribution is -2.36. The van der Waals surface area contributed by atoms with Crippen molar-refractivity contribution >= 4 is 29.1 Å². The molecule has 0 radical (unpaired) electrons. The zero-order valence-electron chi connectivity index (χ0n) is 22.1. The highest BCUT2D eigenvalue weighted by atomic mass is 19.1. The zero-order chi connectivity index (χ0) is 27.9. The van der Waals surface area contributed by atoms with Gasteiger partial charge in [0.2, 0.25) is 0 Å². The minimum atomic E-state index is -0.455. The van der Waals surface area contributed by atoms with Crippen LogP contribution in [-0.2, 0) is 0 Å². The molecule has 3 aromatic carbocycles.